The number of rotatable bonds is 7. The molecule has 62 heavy (non-hydrogen) atoms. The van der Waals surface area contributed by atoms with Crippen LogP contribution in [0.5, 0.6) is 0 Å². The SMILES string of the molecule is CS(=O)(=O)c1ccc(C[n+]2ccccc2)cc1.Fc1c(F)c(F)c([B-](c2c(F)c(F)c(F)c(F)c2F)(c2c(F)c(F)c(F)c(F)c2F)c2c(F)c(F)c(F)c(F)c2F)c(F)c1F. The molecule has 1 heterocycles. The van der Waals surface area contributed by atoms with E-state index < -0.39 is 154 Å². The van der Waals surface area contributed by atoms with Crippen molar-refractivity contribution in [3.63, 3.8) is 0 Å². The van der Waals surface area contributed by atoms with Crippen LogP contribution < -0.4 is 26.4 Å². The minimum atomic E-state index is -7.22. The van der Waals surface area contributed by atoms with Crippen molar-refractivity contribution in [2.75, 3.05) is 6.26 Å². The van der Waals surface area contributed by atoms with E-state index in [1.165, 1.54) is 6.26 Å². The van der Waals surface area contributed by atoms with Crippen molar-refractivity contribution in [1.29, 1.82) is 0 Å². The molecule has 6 aromatic rings. The maximum atomic E-state index is 15.4. The van der Waals surface area contributed by atoms with Crippen molar-refractivity contribution in [2.24, 2.45) is 0 Å². The molecule has 0 spiro atoms. The van der Waals surface area contributed by atoms with Gasteiger partial charge in [0.15, 0.2) is 98.6 Å². The average molecular weight is 927 g/mol. The summed E-state index contributed by atoms with van der Waals surface area (Å²) in [6.07, 6.45) is -2.05. The van der Waals surface area contributed by atoms with Crippen molar-refractivity contribution < 1.29 is 101 Å². The minimum Gasteiger partial charge on any atom is -0.224 e. The van der Waals surface area contributed by atoms with Crippen LogP contribution in [0.3, 0.4) is 0 Å². The van der Waals surface area contributed by atoms with Crippen molar-refractivity contribution in [2.45, 2.75) is 11.4 Å². The van der Waals surface area contributed by atoms with Gasteiger partial charge in [-0.15, -0.1) is 21.9 Å². The Hall–Kier alpha value is -6.14. The van der Waals surface area contributed by atoms with E-state index in [2.05, 4.69) is 0 Å². The first-order valence-corrected chi connectivity index (χ1v) is 18.1. The molecule has 0 bridgehead atoms. The Morgan fingerprint density at radius 1 is 0.371 bits per heavy atom. The molecule has 5 aromatic carbocycles. The van der Waals surface area contributed by atoms with Crippen LogP contribution in [0.4, 0.5) is 87.8 Å². The minimum absolute atomic E-state index is 0.360. The van der Waals surface area contributed by atoms with Crippen molar-refractivity contribution in [1.82, 2.24) is 0 Å². The van der Waals surface area contributed by atoms with Crippen molar-refractivity contribution in [3.8, 4) is 0 Å². The van der Waals surface area contributed by atoms with Gasteiger partial charge in [0.25, 0.3) is 0 Å². The molecule has 0 saturated heterocycles. The van der Waals surface area contributed by atoms with Crippen molar-refractivity contribution in [3.05, 3.63) is 177 Å². The first kappa shape index (κ1) is 46.9. The highest BCUT2D eigenvalue weighted by atomic mass is 32.2. The van der Waals surface area contributed by atoms with Gasteiger partial charge in [0.2, 0.25) is 0 Å². The Kier molecular flexibility index (Phi) is 12.8. The number of sulfone groups is 1. The molecule has 1 aromatic heterocycles. The topological polar surface area (TPSA) is 38.0 Å². The van der Waals surface area contributed by atoms with Gasteiger partial charge >= 0.3 is 0 Å². The summed E-state index contributed by atoms with van der Waals surface area (Å²) in [7, 11) is -3.10. The molecular weight excluding hydrogens is 913 g/mol. The van der Waals surface area contributed by atoms with Crippen molar-refractivity contribution >= 4 is 37.8 Å². The predicted molar refractivity (Wildman–Crippen MR) is 175 cm³/mol. The largest absolute Gasteiger partial charge is 0.224 e. The fourth-order valence-electron chi connectivity index (χ4n) is 6.47. The second kappa shape index (κ2) is 17.0. The van der Waals surface area contributed by atoms with Gasteiger partial charge in [0.1, 0.15) is 52.7 Å². The highest BCUT2D eigenvalue weighted by Crippen LogP contribution is 2.30. The first-order valence-electron chi connectivity index (χ1n) is 16.2. The molecule has 0 aliphatic carbocycles. The summed E-state index contributed by atoms with van der Waals surface area (Å²) < 4.78 is 319. The number of nitrogens with zero attached hydrogens (tertiary/aromatic N) is 1. The Bertz CT molecular complexity index is 2520. The lowest BCUT2D eigenvalue weighted by Gasteiger charge is -2.44. The quantitative estimate of drug-likeness (QED) is 0.0556. The number of hydrogen-bond donors (Lipinski definition) is 0. The summed E-state index contributed by atoms with van der Waals surface area (Å²) in [4.78, 5) is 0.360. The van der Waals surface area contributed by atoms with Gasteiger partial charge in [-0.3, -0.25) is 0 Å². The van der Waals surface area contributed by atoms with Gasteiger partial charge in [-0.1, -0.05) is 18.2 Å². The fourth-order valence-corrected chi connectivity index (χ4v) is 7.10. The van der Waals surface area contributed by atoms with Crippen LogP contribution in [0.25, 0.3) is 0 Å². The van der Waals surface area contributed by atoms with Gasteiger partial charge < -0.3 is 0 Å². The molecule has 0 saturated carbocycles. The number of benzene rings is 5. The molecule has 0 unspecified atom stereocenters. The van der Waals surface area contributed by atoms with Crippen LogP contribution in [0.2, 0.25) is 0 Å². The Morgan fingerprint density at radius 3 is 0.823 bits per heavy atom. The molecule has 25 heteroatoms. The molecule has 0 atom stereocenters. The van der Waals surface area contributed by atoms with Crippen LogP contribution >= 0.6 is 0 Å². The molecule has 328 valence electrons. The van der Waals surface area contributed by atoms with E-state index in [9.17, 15) is 61.1 Å². The van der Waals surface area contributed by atoms with Gasteiger partial charge in [-0.05, 0) is 12.1 Å². The lowest BCUT2D eigenvalue weighted by Crippen LogP contribution is -2.81. The third-order valence-electron chi connectivity index (χ3n) is 9.20. The summed E-state index contributed by atoms with van der Waals surface area (Å²) >= 11 is 0. The normalized spacial score (nSPS) is 11.8. The molecule has 0 aliphatic heterocycles. The molecule has 0 aliphatic rings. The van der Waals surface area contributed by atoms with Gasteiger partial charge in [0, 0.05) is 24.0 Å². The van der Waals surface area contributed by atoms with E-state index in [0.717, 1.165) is 12.1 Å². The van der Waals surface area contributed by atoms with Gasteiger partial charge in [-0.2, -0.15) is 0 Å². The summed E-state index contributed by atoms with van der Waals surface area (Å²) in [6.45, 7) is 0.741. The second-order valence-electron chi connectivity index (χ2n) is 12.8. The van der Waals surface area contributed by atoms with Crippen LogP contribution in [0, 0.1) is 116 Å². The first-order chi connectivity index (χ1) is 28.8. The zero-order chi connectivity index (χ0) is 46.7. The fraction of sp³-hybridized carbons (Fsp3) is 0.0541. The second-order valence-corrected chi connectivity index (χ2v) is 14.8. The van der Waals surface area contributed by atoms with Crippen LogP contribution in [-0.4, -0.2) is 20.8 Å². The third kappa shape index (κ3) is 7.48. The lowest BCUT2D eigenvalue weighted by molar-refractivity contribution is -0.688. The Morgan fingerprint density at radius 2 is 0.597 bits per heavy atom. The maximum Gasteiger partial charge on any atom is 0.200 e. The van der Waals surface area contributed by atoms with Gasteiger partial charge in [-0.25, -0.2) is 101 Å². The molecule has 0 fully saturated rings. The zero-order valence-electron chi connectivity index (χ0n) is 29.7. The lowest BCUT2D eigenvalue weighted by atomic mass is 9.12. The highest BCUT2D eigenvalue weighted by Gasteiger charge is 2.52. The Balaban J connectivity index is 0.000000355. The molecule has 0 N–H and O–H groups in total. The molecule has 0 amide bonds. The van der Waals surface area contributed by atoms with E-state index >= 15 is 35.1 Å². The third-order valence-corrected chi connectivity index (χ3v) is 10.3. The maximum absolute atomic E-state index is 15.4. The Labute approximate surface area is 332 Å². The summed E-state index contributed by atoms with van der Waals surface area (Å²) in [6, 6.07) is 12.9. The number of aromatic nitrogens is 1. The molecule has 3 nitrogen and oxygen atoms in total. The smallest absolute Gasteiger partial charge is 0.200 e. The summed E-state index contributed by atoms with van der Waals surface area (Å²) in [5, 5.41) is 0. The molecule has 6 rings (SSSR count). The van der Waals surface area contributed by atoms with Crippen LogP contribution in [0.15, 0.2) is 59.8 Å². The van der Waals surface area contributed by atoms with E-state index in [-0.39, 0.29) is 0 Å². The standard InChI is InChI=1S/C24BF20.C13H14NO2S/c26-5-1(6(27)14(35)21(42)13(5)34)25(2-7(28)15(36)22(43)16(37)8(2)29,3-9(30)17(38)23(44)18(39)10(3)31)4-11(32)19(40)24(45)20(41)12(4)33;1-17(15,16)13-7-5-12(6-8-13)11-14-9-3-2-4-10-14/h;2-10H,11H2,1H3/q-1;+1. The highest BCUT2D eigenvalue weighted by molar-refractivity contribution is 7.90. The summed E-state index contributed by atoms with van der Waals surface area (Å²) in [5.41, 5.74) is -13.3. The van der Waals surface area contributed by atoms with E-state index in [0.29, 0.717) is 4.90 Å². The summed E-state index contributed by atoms with van der Waals surface area (Å²) in [5.74, 6) is -71.4. The monoisotopic (exact) mass is 927 g/mol. The van der Waals surface area contributed by atoms with Crippen LogP contribution in [-0.2, 0) is 16.4 Å². The number of hydrogen-bond acceptors (Lipinski definition) is 2. The van der Waals surface area contributed by atoms with E-state index in [4.69, 9.17) is 0 Å². The molecular formula is C37H14BF20NO2S. The van der Waals surface area contributed by atoms with E-state index in [1.807, 2.05) is 47.3 Å². The number of pyridine rings is 1. The molecule has 0 radical (unpaired) electrons. The number of halogens is 20. The average Bonchev–Trinajstić information content (AvgIpc) is 3.24. The van der Waals surface area contributed by atoms with E-state index in [1.54, 1.807) is 12.1 Å². The zero-order valence-corrected chi connectivity index (χ0v) is 30.5. The van der Waals surface area contributed by atoms with Crippen LogP contribution in [0.1, 0.15) is 5.56 Å². The van der Waals surface area contributed by atoms with Gasteiger partial charge in [0.05, 0.1) is 4.90 Å². The predicted octanol–water partition coefficient (Wildman–Crippen LogP) is 7.27.